The third-order valence-corrected chi connectivity index (χ3v) is 1.19. The summed E-state index contributed by atoms with van der Waals surface area (Å²) < 4.78 is 0. The lowest BCUT2D eigenvalue weighted by Crippen LogP contribution is -2.44. The third-order valence-electron chi connectivity index (χ3n) is 0.902. The topological polar surface area (TPSA) is 53.7 Å². The van der Waals surface area contributed by atoms with Crippen LogP contribution in [0.5, 0.6) is 0 Å². The summed E-state index contributed by atoms with van der Waals surface area (Å²) in [7, 11) is 0. The Bertz CT molecular complexity index is 185. The van der Waals surface area contributed by atoms with E-state index in [1.54, 1.807) is 0 Å². The highest BCUT2D eigenvalue weighted by Gasteiger charge is 2.09. The Morgan fingerprint density at radius 2 is 2.56 bits per heavy atom. The number of nitrogens with two attached hydrogens (primary N) is 1. The zero-order chi connectivity index (χ0) is 6.85. The molecule has 9 heavy (non-hydrogen) atoms. The predicted octanol–water partition coefficient (Wildman–Crippen LogP) is -0.450. The van der Waals surface area contributed by atoms with Crippen LogP contribution in [0.4, 0.5) is 0 Å². The highest BCUT2D eigenvalue weighted by molar-refractivity contribution is 7.80. The molecule has 0 saturated heterocycles. The lowest BCUT2D eigenvalue weighted by atomic mass is 10.5. The molecular weight excluding hydrogens is 136 g/mol. The van der Waals surface area contributed by atoms with Crippen molar-refractivity contribution in [2.24, 2.45) is 10.9 Å². The highest BCUT2D eigenvalue weighted by Crippen LogP contribution is 1.95. The van der Waals surface area contributed by atoms with E-state index in [1.165, 1.54) is 11.2 Å². The summed E-state index contributed by atoms with van der Waals surface area (Å²) >= 11 is 4.72. The SMILES string of the molecule is C=C1C=NNC(=S)N1N. The number of hydrogen-bond acceptors (Lipinski definition) is 3. The van der Waals surface area contributed by atoms with Gasteiger partial charge in [-0.2, -0.15) is 5.10 Å². The maximum absolute atomic E-state index is 5.36. The summed E-state index contributed by atoms with van der Waals surface area (Å²) in [6.45, 7) is 3.57. The Kier molecular flexibility index (Phi) is 1.46. The van der Waals surface area contributed by atoms with E-state index in [0.717, 1.165) is 0 Å². The van der Waals surface area contributed by atoms with Crippen molar-refractivity contribution >= 4 is 23.5 Å². The van der Waals surface area contributed by atoms with Gasteiger partial charge in [-0.05, 0) is 12.2 Å². The van der Waals surface area contributed by atoms with Gasteiger partial charge in [0.05, 0.1) is 11.9 Å². The number of thiocarbonyl (C=S) groups is 1. The molecule has 1 aliphatic heterocycles. The van der Waals surface area contributed by atoms with Gasteiger partial charge in [-0.3, -0.25) is 10.4 Å². The minimum Gasteiger partial charge on any atom is -0.252 e. The summed E-state index contributed by atoms with van der Waals surface area (Å²) in [5, 5.41) is 5.27. The van der Waals surface area contributed by atoms with E-state index in [-0.39, 0.29) is 0 Å². The number of hydrazine groups is 1. The molecule has 0 bridgehead atoms. The number of allylic oxidation sites excluding steroid dienone is 1. The van der Waals surface area contributed by atoms with Crippen molar-refractivity contribution in [3.8, 4) is 0 Å². The average molecular weight is 142 g/mol. The first-order chi connectivity index (χ1) is 4.22. The van der Waals surface area contributed by atoms with E-state index < -0.39 is 0 Å². The maximum atomic E-state index is 5.36. The van der Waals surface area contributed by atoms with Gasteiger partial charge in [0, 0.05) is 0 Å². The van der Waals surface area contributed by atoms with Crippen LogP contribution in [0.3, 0.4) is 0 Å². The molecule has 0 aromatic carbocycles. The van der Waals surface area contributed by atoms with Gasteiger partial charge in [0.25, 0.3) is 0 Å². The minimum absolute atomic E-state index is 0.363. The summed E-state index contributed by atoms with van der Waals surface area (Å²) in [6, 6.07) is 0. The van der Waals surface area contributed by atoms with Gasteiger partial charge in [-0.15, -0.1) is 0 Å². The first kappa shape index (κ1) is 6.18. The van der Waals surface area contributed by atoms with Crippen molar-refractivity contribution in [2.75, 3.05) is 0 Å². The minimum atomic E-state index is 0.363. The molecule has 0 aromatic rings. The van der Waals surface area contributed by atoms with Gasteiger partial charge in [-0.1, -0.05) is 6.58 Å². The quantitative estimate of drug-likeness (QED) is 0.355. The predicted molar refractivity (Wildman–Crippen MR) is 39.4 cm³/mol. The van der Waals surface area contributed by atoms with Gasteiger partial charge in [0.1, 0.15) is 0 Å². The number of rotatable bonds is 0. The second kappa shape index (κ2) is 2.12. The third kappa shape index (κ3) is 1.06. The standard InChI is InChI=1S/C4H6N4S/c1-3-2-6-7-4(9)8(3)5/h2H,1,5H2,(H,7,9). The van der Waals surface area contributed by atoms with Gasteiger partial charge in [-0.25, -0.2) is 5.84 Å². The molecule has 0 fully saturated rings. The highest BCUT2D eigenvalue weighted by atomic mass is 32.1. The van der Waals surface area contributed by atoms with Gasteiger partial charge in [0.15, 0.2) is 0 Å². The Balaban J connectivity index is 2.81. The lowest BCUT2D eigenvalue weighted by Gasteiger charge is -2.21. The molecule has 0 atom stereocenters. The molecule has 1 rings (SSSR count). The number of hydrazone groups is 1. The van der Waals surface area contributed by atoms with Crippen molar-refractivity contribution in [3.05, 3.63) is 12.3 Å². The molecule has 0 aliphatic carbocycles. The van der Waals surface area contributed by atoms with Crippen LogP contribution in [0.15, 0.2) is 17.4 Å². The van der Waals surface area contributed by atoms with Crippen LogP contribution in [-0.2, 0) is 0 Å². The molecule has 1 aliphatic rings. The number of nitrogens with one attached hydrogen (secondary N) is 1. The first-order valence-corrected chi connectivity index (χ1v) is 2.69. The fourth-order valence-electron chi connectivity index (χ4n) is 0.409. The second-order valence-corrected chi connectivity index (χ2v) is 1.92. The fourth-order valence-corrected chi connectivity index (χ4v) is 0.578. The lowest BCUT2D eigenvalue weighted by molar-refractivity contribution is 0.552. The van der Waals surface area contributed by atoms with Crippen LogP contribution < -0.4 is 11.3 Å². The first-order valence-electron chi connectivity index (χ1n) is 2.28. The summed E-state index contributed by atoms with van der Waals surface area (Å²) in [4.78, 5) is 0. The molecular formula is C4H6N4S. The summed E-state index contributed by atoms with van der Waals surface area (Å²) in [5.74, 6) is 5.36. The van der Waals surface area contributed by atoms with E-state index in [2.05, 4.69) is 17.1 Å². The van der Waals surface area contributed by atoms with E-state index in [4.69, 9.17) is 18.1 Å². The molecule has 0 amide bonds. The van der Waals surface area contributed by atoms with E-state index in [1.807, 2.05) is 0 Å². The van der Waals surface area contributed by atoms with Crippen LogP contribution in [0.25, 0.3) is 0 Å². The smallest absolute Gasteiger partial charge is 0.208 e. The zero-order valence-electron chi connectivity index (χ0n) is 4.66. The van der Waals surface area contributed by atoms with Gasteiger partial charge >= 0.3 is 0 Å². The fraction of sp³-hybridized carbons (Fsp3) is 0. The van der Waals surface area contributed by atoms with Crippen molar-refractivity contribution in [1.82, 2.24) is 10.4 Å². The van der Waals surface area contributed by atoms with Crippen LogP contribution in [0, 0.1) is 0 Å². The molecule has 0 aromatic heterocycles. The summed E-state index contributed by atoms with van der Waals surface area (Å²) in [5.41, 5.74) is 3.09. The van der Waals surface area contributed by atoms with E-state index in [0.29, 0.717) is 10.8 Å². The van der Waals surface area contributed by atoms with E-state index >= 15 is 0 Å². The largest absolute Gasteiger partial charge is 0.252 e. The summed E-state index contributed by atoms with van der Waals surface area (Å²) in [6.07, 6.45) is 1.50. The number of nitrogens with zero attached hydrogens (tertiary/aromatic N) is 2. The molecule has 0 spiro atoms. The Morgan fingerprint density at radius 1 is 1.89 bits per heavy atom. The molecule has 0 radical (unpaired) electrons. The molecule has 0 unspecified atom stereocenters. The Labute approximate surface area is 58.0 Å². The van der Waals surface area contributed by atoms with Crippen LogP contribution >= 0.6 is 12.2 Å². The van der Waals surface area contributed by atoms with Crippen LogP contribution in [0.1, 0.15) is 0 Å². The molecule has 5 heteroatoms. The number of hydrogen-bond donors (Lipinski definition) is 2. The van der Waals surface area contributed by atoms with Crippen molar-refractivity contribution in [3.63, 3.8) is 0 Å². The molecule has 1 heterocycles. The zero-order valence-corrected chi connectivity index (χ0v) is 5.48. The van der Waals surface area contributed by atoms with Crippen LogP contribution in [-0.4, -0.2) is 16.3 Å². The van der Waals surface area contributed by atoms with Gasteiger partial charge in [0.2, 0.25) is 5.11 Å². The second-order valence-electron chi connectivity index (χ2n) is 1.54. The maximum Gasteiger partial charge on any atom is 0.208 e. The molecule has 0 saturated carbocycles. The normalized spacial score (nSPS) is 18.1. The van der Waals surface area contributed by atoms with Crippen molar-refractivity contribution < 1.29 is 0 Å². The molecule has 3 N–H and O–H groups in total. The Morgan fingerprint density at radius 3 is 3.00 bits per heavy atom. The van der Waals surface area contributed by atoms with Gasteiger partial charge < -0.3 is 0 Å². The van der Waals surface area contributed by atoms with E-state index in [9.17, 15) is 0 Å². The van der Waals surface area contributed by atoms with Crippen molar-refractivity contribution in [2.45, 2.75) is 0 Å². The Hall–Kier alpha value is -0.940. The molecule has 48 valence electrons. The average Bonchev–Trinajstić information content (AvgIpc) is 1.83. The van der Waals surface area contributed by atoms with Crippen molar-refractivity contribution in [1.29, 1.82) is 0 Å². The molecule has 4 nitrogen and oxygen atoms in total. The van der Waals surface area contributed by atoms with Crippen LogP contribution in [0.2, 0.25) is 0 Å². The monoisotopic (exact) mass is 142 g/mol.